The van der Waals surface area contributed by atoms with Gasteiger partial charge in [0, 0.05) is 6.54 Å². The fraction of sp³-hybridized carbons (Fsp3) is 0.364. The minimum atomic E-state index is -4.29. The predicted molar refractivity (Wildman–Crippen MR) is 63.3 cm³/mol. The van der Waals surface area contributed by atoms with Crippen molar-refractivity contribution in [3.05, 3.63) is 29.3 Å². The fourth-order valence-corrected chi connectivity index (χ4v) is 2.56. The van der Waals surface area contributed by atoms with Gasteiger partial charge < -0.3 is 5.11 Å². The van der Waals surface area contributed by atoms with Gasteiger partial charge in [-0.05, 0) is 18.1 Å². The molecule has 2 N–H and O–H groups in total. The van der Waals surface area contributed by atoms with Gasteiger partial charge in [-0.15, -0.1) is 0 Å². The number of hydrogen-bond donors (Lipinski definition) is 2. The van der Waals surface area contributed by atoms with Gasteiger partial charge in [-0.2, -0.15) is 0 Å². The standard InChI is InChI=1S/C11H13F2NO4S/c1-6(2)5-14-19(17,18)9-4-7(11(15)16)3-8(12)10(9)13/h3-4,6,14H,5H2,1-2H3,(H,15,16). The number of aromatic carboxylic acids is 1. The molecule has 0 unspecified atom stereocenters. The molecule has 0 amide bonds. The average Bonchev–Trinajstić information content (AvgIpc) is 2.29. The van der Waals surface area contributed by atoms with Gasteiger partial charge in [0.2, 0.25) is 10.0 Å². The molecular weight excluding hydrogens is 280 g/mol. The van der Waals surface area contributed by atoms with Crippen molar-refractivity contribution < 1.29 is 27.1 Å². The highest BCUT2D eigenvalue weighted by Crippen LogP contribution is 2.20. The minimum Gasteiger partial charge on any atom is -0.478 e. The molecule has 8 heteroatoms. The lowest BCUT2D eigenvalue weighted by Gasteiger charge is -2.10. The van der Waals surface area contributed by atoms with E-state index in [2.05, 4.69) is 4.72 Å². The molecule has 0 saturated heterocycles. The van der Waals surface area contributed by atoms with E-state index in [9.17, 15) is 22.0 Å². The molecule has 0 fully saturated rings. The molecule has 1 aromatic rings. The summed E-state index contributed by atoms with van der Waals surface area (Å²) in [5, 5.41) is 8.70. The van der Waals surface area contributed by atoms with Crippen LogP contribution in [0.4, 0.5) is 8.78 Å². The van der Waals surface area contributed by atoms with Crippen LogP contribution in [-0.2, 0) is 10.0 Å². The van der Waals surface area contributed by atoms with Crippen LogP contribution < -0.4 is 4.72 Å². The van der Waals surface area contributed by atoms with Crippen LogP contribution in [-0.4, -0.2) is 26.0 Å². The summed E-state index contributed by atoms with van der Waals surface area (Å²) in [7, 11) is -4.29. The van der Waals surface area contributed by atoms with Gasteiger partial charge in [0.15, 0.2) is 11.6 Å². The molecular formula is C11H13F2NO4S. The highest BCUT2D eigenvalue weighted by molar-refractivity contribution is 7.89. The molecule has 0 bridgehead atoms. The van der Waals surface area contributed by atoms with E-state index >= 15 is 0 Å². The normalized spacial score (nSPS) is 11.8. The molecule has 106 valence electrons. The van der Waals surface area contributed by atoms with Crippen LogP contribution in [0.1, 0.15) is 24.2 Å². The van der Waals surface area contributed by atoms with E-state index in [1.54, 1.807) is 13.8 Å². The minimum absolute atomic E-state index is 0.0285. The molecule has 0 atom stereocenters. The van der Waals surface area contributed by atoms with Gasteiger partial charge in [0.1, 0.15) is 4.90 Å². The van der Waals surface area contributed by atoms with Crippen molar-refractivity contribution in [1.82, 2.24) is 4.72 Å². The first-order chi connectivity index (χ1) is 8.65. The number of carboxylic acid groups (broad SMARTS) is 1. The van der Waals surface area contributed by atoms with Crippen molar-refractivity contribution >= 4 is 16.0 Å². The maximum Gasteiger partial charge on any atom is 0.335 e. The molecule has 0 aliphatic heterocycles. The first-order valence-corrected chi connectivity index (χ1v) is 6.85. The Hall–Kier alpha value is -1.54. The van der Waals surface area contributed by atoms with Crippen LogP contribution in [0, 0.1) is 17.6 Å². The smallest absolute Gasteiger partial charge is 0.335 e. The number of hydrogen-bond acceptors (Lipinski definition) is 3. The second-order valence-electron chi connectivity index (χ2n) is 4.32. The second-order valence-corrected chi connectivity index (χ2v) is 6.06. The predicted octanol–water partition coefficient (Wildman–Crippen LogP) is 1.60. The molecule has 0 spiro atoms. The highest BCUT2D eigenvalue weighted by atomic mass is 32.2. The number of rotatable bonds is 5. The Labute approximate surface area is 109 Å². The first kappa shape index (κ1) is 15.5. The van der Waals surface area contributed by atoms with Gasteiger partial charge in [-0.25, -0.2) is 26.7 Å². The fourth-order valence-electron chi connectivity index (χ4n) is 1.24. The highest BCUT2D eigenvalue weighted by Gasteiger charge is 2.24. The summed E-state index contributed by atoms with van der Waals surface area (Å²) in [5.41, 5.74) is -0.635. The number of carbonyl (C=O) groups is 1. The summed E-state index contributed by atoms with van der Waals surface area (Å²) < 4.78 is 52.3. The van der Waals surface area contributed by atoms with Crippen LogP contribution in [0.3, 0.4) is 0 Å². The molecule has 0 heterocycles. The summed E-state index contributed by atoms with van der Waals surface area (Å²) >= 11 is 0. The van der Waals surface area contributed by atoms with E-state index in [0.717, 1.165) is 0 Å². The van der Waals surface area contributed by atoms with Gasteiger partial charge in [-0.1, -0.05) is 13.8 Å². The topological polar surface area (TPSA) is 83.5 Å². The Morgan fingerprint density at radius 1 is 1.37 bits per heavy atom. The Morgan fingerprint density at radius 3 is 2.42 bits per heavy atom. The molecule has 0 radical (unpaired) electrons. The van der Waals surface area contributed by atoms with Crippen LogP contribution >= 0.6 is 0 Å². The van der Waals surface area contributed by atoms with Crippen molar-refractivity contribution in [2.45, 2.75) is 18.7 Å². The van der Waals surface area contributed by atoms with Crippen LogP contribution in [0.5, 0.6) is 0 Å². The maximum absolute atomic E-state index is 13.5. The number of carboxylic acids is 1. The van der Waals surface area contributed by atoms with Gasteiger partial charge in [0.05, 0.1) is 5.56 Å². The molecule has 5 nitrogen and oxygen atoms in total. The molecule has 1 aromatic carbocycles. The van der Waals surface area contributed by atoms with Gasteiger partial charge in [0.25, 0.3) is 0 Å². The molecule has 0 aliphatic carbocycles. The van der Waals surface area contributed by atoms with E-state index in [4.69, 9.17) is 5.11 Å². The summed E-state index contributed by atoms with van der Waals surface area (Å²) in [6.45, 7) is 3.49. The number of halogens is 2. The van der Waals surface area contributed by atoms with Crippen LogP contribution in [0.2, 0.25) is 0 Å². The lowest BCUT2D eigenvalue weighted by Crippen LogP contribution is -2.28. The zero-order chi connectivity index (χ0) is 14.8. The Bertz CT molecular complexity index is 599. The molecule has 0 aliphatic rings. The molecule has 0 aromatic heterocycles. The zero-order valence-corrected chi connectivity index (χ0v) is 11.1. The van der Waals surface area contributed by atoms with Crippen LogP contribution in [0.25, 0.3) is 0 Å². The number of benzene rings is 1. The lowest BCUT2D eigenvalue weighted by molar-refractivity contribution is 0.0696. The second kappa shape index (κ2) is 5.62. The third-order valence-electron chi connectivity index (χ3n) is 2.21. The largest absolute Gasteiger partial charge is 0.478 e. The quantitative estimate of drug-likeness (QED) is 0.863. The Kier molecular flexibility index (Phi) is 4.59. The van der Waals surface area contributed by atoms with Gasteiger partial charge >= 0.3 is 5.97 Å². The SMILES string of the molecule is CC(C)CNS(=O)(=O)c1cc(C(=O)O)cc(F)c1F. The lowest BCUT2D eigenvalue weighted by atomic mass is 10.2. The summed E-state index contributed by atoms with van der Waals surface area (Å²) in [6.07, 6.45) is 0. The Morgan fingerprint density at radius 2 is 1.95 bits per heavy atom. The van der Waals surface area contributed by atoms with Crippen molar-refractivity contribution in [1.29, 1.82) is 0 Å². The van der Waals surface area contributed by atoms with Crippen molar-refractivity contribution in [2.24, 2.45) is 5.92 Å². The van der Waals surface area contributed by atoms with Crippen molar-refractivity contribution in [2.75, 3.05) is 6.54 Å². The maximum atomic E-state index is 13.5. The summed E-state index contributed by atoms with van der Waals surface area (Å²) in [4.78, 5) is 9.70. The van der Waals surface area contributed by atoms with E-state index in [0.29, 0.717) is 12.1 Å². The Balaban J connectivity index is 3.29. The molecule has 1 rings (SSSR count). The third-order valence-corrected chi connectivity index (χ3v) is 3.64. The first-order valence-electron chi connectivity index (χ1n) is 5.37. The molecule has 0 saturated carbocycles. The van der Waals surface area contributed by atoms with Crippen molar-refractivity contribution in [3.8, 4) is 0 Å². The number of nitrogens with one attached hydrogen (secondary N) is 1. The monoisotopic (exact) mass is 293 g/mol. The van der Waals surface area contributed by atoms with Crippen LogP contribution in [0.15, 0.2) is 17.0 Å². The average molecular weight is 293 g/mol. The summed E-state index contributed by atoms with van der Waals surface area (Å²) in [5.74, 6) is -4.70. The summed E-state index contributed by atoms with van der Waals surface area (Å²) in [6, 6.07) is 1.02. The van der Waals surface area contributed by atoms with E-state index in [1.165, 1.54) is 0 Å². The van der Waals surface area contributed by atoms with E-state index in [1.807, 2.05) is 0 Å². The van der Waals surface area contributed by atoms with Gasteiger partial charge in [-0.3, -0.25) is 0 Å². The third kappa shape index (κ3) is 3.71. The zero-order valence-electron chi connectivity index (χ0n) is 10.3. The molecule has 19 heavy (non-hydrogen) atoms. The van der Waals surface area contributed by atoms with Crippen molar-refractivity contribution in [3.63, 3.8) is 0 Å². The van der Waals surface area contributed by atoms with E-state index < -0.39 is 38.1 Å². The van der Waals surface area contributed by atoms with E-state index in [-0.39, 0.29) is 12.5 Å². The number of sulfonamides is 1.